The molecule has 0 aliphatic carbocycles. The second-order valence-electron chi connectivity index (χ2n) is 9.05. The number of nitrogens with zero attached hydrogens (tertiary/aromatic N) is 2. The minimum Gasteiger partial charge on any atom is -0.364 e. The maximum atomic E-state index is 15.0. The first kappa shape index (κ1) is 19.7. The molecule has 2 saturated heterocycles. The van der Waals surface area contributed by atoms with Crippen LogP contribution in [0.3, 0.4) is 0 Å². The number of piperidine rings is 1. The molecule has 2 fully saturated rings. The van der Waals surface area contributed by atoms with Gasteiger partial charge >= 0.3 is 6.03 Å². The number of fused-ring (bicyclic) bond motifs is 4. The molecule has 1 N–H and O–H groups in total. The third kappa shape index (κ3) is 2.72. The third-order valence-corrected chi connectivity index (χ3v) is 6.92. The standard InChI is InChI=1S/C24H24FN3O3/c1-14-11-15(2)20-24(12-16-7-6-10-18(25)19(16)27(20)13-14)21(29)26-23(31)28(22(24)30)17-8-4-3-5-9-17/h3-10,14-15,20H,11-13H2,1-2H3,(H,26,29,31). The van der Waals surface area contributed by atoms with E-state index in [4.69, 9.17) is 0 Å². The number of halogens is 1. The fraction of sp³-hybridized carbons (Fsp3) is 0.375. The Kier molecular flexibility index (Phi) is 4.39. The van der Waals surface area contributed by atoms with Gasteiger partial charge < -0.3 is 4.90 Å². The second-order valence-corrected chi connectivity index (χ2v) is 9.05. The smallest absolute Gasteiger partial charge is 0.335 e. The maximum absolute atomic E-state index is 15.0. The monoisotopic (exact) mass is 421 g/mol. The summed E-state index contributed by atoms with van der Waals surface area (Å²) in [5, 5.41) is 2.44. The van der Waals surface area contributed by atoms with Crippen molar-refractivity contribution in [1.82, 2.24) is 5.32 Å². The van der Waals surface area contributed by atoms with E-state index in [0.717, 1.165) is 11.3 Å². The van der Waals surface area contributed by atoms with E-state index in [1.165, 1.54) is 6.07 Å². The molecule has 2 aromatic carbocycles. The van der Waals surface area contributed by atoms with Gasteiger partial charge in [-0.15, -0.1) is 0 Å². The van der Waals surface area contributed by atoms with Gasteiger partial charge in [-0.2, -0.15) is 0 Å². The highest BCUT2D eigenvalue weighted by molar-refractivity contribution is 6.30. The van der Waals surface area contributed by atoms with Crippen LogP contribution in [0.15, 0.2) is 48.5 Å². The Morgan fingerprint density at radius 3 is 2.52 bits per heavy atom. The molecule has 1 spiro atoms. The van der Waals surface area contributed by atoms with E-state index < -0.39 is 29.3 Å². The highest BCUT2D eigenvalue weighted by atomic mass is 19.1. The van der Waals surface area contributed by atoms with Crippen molar-refractivity contribution >= 4 is 29.2 Å². The Hall–Kier alpha value is -3.22. The van der Waals surface area contributed by atoms with E-state index in [1.54, 1.807) is 42.5 Å². The summed E-state index contributed by atoms with van der Waals surface area (Å²) in [6, 6.07) is 12.1. The lowest BCUT2D eigenvalue weighted by atomic mass is 9.62. The van der Waals surface area contributed by atoms with E-state index >= 15 is 0 Å². The van der Waals surface area contributed by atoms with Gasteiger partial charge in [-0.1, -0.05) is 44.2 Å². The van der Waals surface area contributed by atoms with Gasteiger partial charge in [-0.05, 0) is 48.4 Å². The van der Waals surface area contributed by atoms with Crippen molar-refractivity contribution in [3.63, 3.8) is 0 Å². The van der Waals surface area contributed by atoms with Crippen LogP contribution in [0, 0.1) is 23.1 Å². The van der Waals surface area contributed by atoms with E-state index in [2.05, 4.69) is 12.2 Å². The molecule has 4 unspecified atom stereocenters. The predicted molar refractivity (Wildman–Crippen MR) is 114 cm³/mol. The number of hydrogen-bond donors (Lipinski definition) is 1. The fourth-order valence-corrected chi connectivity index (χ4v) is 5.89. The average Bonchev–Trinajstić information content (AvgIpc) is 2.72. The highest BCUT2D eigenvalue weighted by Crippen LogP contribution is 2.51. The predicted octanol–water partition coefficient (Wildman–Crippen LogP) is 3.50. The summed E-state index contributed by atoms with van der Waals surface area (Å²) in [6.45, 7) is 4.65. The summed E-state index contributed by atoms with van der Waals surface area (Å²) in [4.78, 5) is 43.2. The largest absolute Gasteiger partial charge is 0.364 e. The lowest BCUT2D eigenvalue weighted by Gasteiger charge is -2.56. The molecule has 5 rings (SSSR count). The number of para-hydroxylation sites is 2. The Balaban J connectivity index is 1.72. The third-order valence-electron chi connectivity index (χ3n) is 6.92. The van der Waals surface area contributed by atoms with Crippen LogP contribution < -0.4 is 15.1 Å². The SMILES string of the molecule is CC1CC(C)C2N(C1)c1c(F)cccc1CC21C(=O)NC(=O)N(c2ccccc2)C1=O. The van der Waals surface area contributed by atoms with Crippen LogP contribution in [-0.4, -0.2) is 30.4 Å². The number of hydrogen-bond acceptors (Lipinski definition) is 4. The second kappa shape index (κ2) is 6.90. The molecule has 0 aromatic heterocycles. The zero-order valence-electron chi connectivity index (χ0n) is 17.5. The Morgan fingerprint density at radius 1 is 1.03 bits per heavy atom. The lowest BCUT2D eigenvalue weighted by Crippen LogP contribution is -2.74. The van der Waals surface area contributed by atoms with E-state index in [-0.39, 0.29) is 24.1 Å². The van der Waals surface area contributed by atoms with Crippen LogP contribution in [0.2, 0.25) is 0 Å². The Labute approximate surface area is 180 Å². The van der Waals surface area contributed by atoms with E-state index in [1.807, 2.05) is 11.8 Å². The minimum absolute atomic E-state index is 0.0444. The number of benzene rings is 2. The number of imide groups is 2. The van der Waals surface area contributed by atoms with Crippen molar-refractivity contribution < 1.29 is 18.8 Å². The Bertz CT molecular complexity index is 1090. The molecule has 0 radical (unpaired) electrons. The summed E-state index contributed by atoms with van der Waals surface area (Å²) in [6.07, 6.45) is 0.869. The summed E-state index contributed by atoms with van der Waals surface area (Å²) in [7, 11) is 0. The van der Waals surface area contributed by atoms with Crippen molar-refractivity contribution in [3.05, 3.63) is 59.9 Å². The minimum atomic E-state index is -1.51. The number of barbiturate groups is 1. The number of rotatable bonds is 1. The number of urea groups is 1. The molecule has 31 heavy (non-hydrogen) atoms. The molecule has 7 heteroatoms. The molecular formula is C24H24FN3O3. The van der Waals surface area contributed by atoms with Gasteiger partial charge in [0.15, 0.2) is 5.41 Å². The Morgan fingerprint density at radius 2 is 1.77 bits per heavy atom. The molecule has 3 heterocycles. The van der Waals surface area contributed by atoms with Crippen molar-refractivity contribution in [2.45, 2.75) is 32.7 Å². The number of anilines is 2. The first-order valence-electron chi connectivity index (χ1n) is 10.6. The topological polar surface area (TPSA) is 69.7 Å². The molecule has 6 nitrogen and oxygen atoms in total. The highest BCUT2D eigenvalue weighted by Gasteiger charge is 2.64. The van der Waals surface area contributed by atoms with Crippen molar-refractivity contribution in [2.24, 2.45) is 17.3 Å². The number of amides is 4. The van der Waals surface area contributed by atoms with Gasteiger partial charge in [0.25, 0.3) is 5.91 Å². The van der Waals surface area contributed by atoms with Crippen LogP contribution in [0.4, 0.5) is 20.6 Å². The van der Waals surface area contributed by atoms with Gasteiger partial charge in [0.1, 0.15) is 5.82 Å². The molecule has 3 aliphatic rings. The quantitative estimate of drug-likeness (QED) is 0.716. The van der Waals surface area contributed by atoms with Gasteiger partial charge in [0.2, 0.25) is 5.91 Å². The first-order valence-corrected chi connectivity index (χ1v) is 10.6. The van der Waals surface area contributed by atoms with E-state index in [0.29, 0.717) is 23.5 Å². The summed E-state index contributed by atoms with van der Waals surface area (Å²) < 4.78 is 15.0. The van der Waals surface area contributed by atoms with Gasteiger partial charge in [0.05, 0.1) is 17.4 Å². The van der Waals surface area contributed by atoms with Gasteiger partial charge in [-0.3, -0.25) is 14.9 Å². The van der Waals surface area contributed by atoms with Crippen LogP contribution in [0.1, 0.15) is 25.8 Å². The van der Waals surface area contributed by atoms with Gasteiger partial charge in [0, 0.05) is 6.54 Å². The molecule has 3 aliphatic heterocycles. The summed E-state index contributed by atoms with van der Waals surface area (Å²) >= 11 is 0. The lowest BCUT2D eigenvalue weighted by molar-refractivity contribution is -0.146. The molecule has 0 bridgehead atoms. The van der Waals surface area contributed by atoms with Crippen molar-refractivity contribution in [3.8, 4) is 0 Å². The van der Waals surface area contributed by atoms with Crippen molar-refractivity contribution in [2.75, 3.05) is 16.3 Å². The maximum Gasteiger partial charge on any atom is 0.335 e. The number of nitrogens with one attached hydrogen (secondary N) is 1. The van der Waals surface area contributed by atoms with Gasteiger partial charge in [-0.25, -0.2) is 14.1 Å². The zero-order chi connectivity index (χ0) is 21.9. The van der Waals surface area contributed by atoms with Crippen LogP contribution in [-0.2, 0) is 16.0 Å². The number of carbonyl (C=O) groups excluding carboxylic acids is 3. The average molecular weight is 421 g/mol. The molecule has 4 atom stereocenters. The zero-order valence-corrected chi connectivity index (χ0v) is 17.5. The van der Waals surface area contributed by atoms with Crippen molar-refractivity contribution in [1.29, 1.82) is 0 Å². The summed E-state index contributed by atoms with van der Waals surface area (Å²) in [5.74, 6) is -1.25. The van der Waals surface area contributed by atoms with Crippen LogP contribution >= 0.6 is 0 Å². The molecule has 4 amide bonds. The summed E-state index contributed by atoms with van der Waals surface area (Å²) in [5.41, 5.74) is -0.0154. The van der Waals surface area contributed by atoms with Crippen LogP contribution in [0.5, 0.6) is 0 Å². The fourth-order valence-electron chi connectivity index (χ4n) is 5.89. The normalized spacial score (nSPS) is 30.2. The number of carbonyl (C=O) groups is 3. The first-order chi connectivity index (χ1) is 14.8. The van der Waals surface area contributed by atoms with E-state index in [9.17, 15) is 18.8 Å². The molecule has 2 aromatic rings. The molecular weight excluding hydrogens is 397 g/mol. The molecule has 0 saturated carbocycles. The molecule has 160 valence electrons. The van der Waals surface area contributed by atoms with Crippen LogP contribution in [0.25, 0.3) is 0 Å².